The lowest BCUT2D eigenvalue weighted by molar-refractivity contribution is 0.608. The summed E-state index contributed by atoms with van der Waals surface area (Å²) < 4.78 is 5.85. The number of fused-ring (bicyclic) bond motifs is 1. The van der Waals surface area contributed by atoms with Crippen molar-refractivity contribution in [3.8, 4) is 0 Å². The lowest BCUT2D eigenvalue weighted by Crippen LogP contribution is -1.85. The van der Waals surface area contributed by atoms with E-state index in [0.717, 1.165) is 0 Å². The van der Waals surface area contributed by atoms with Crippen LogP contribution in [-0.4, -0.2) is 0 Å². The molecule has 2 aromatic heterocycles. The fourth-order valence-corrected chi connectivity index (χ4v) is 8.06. The van der Waals surface area contributed by atoms with Crippen LogP contribution < -0.4 is 0 Å². The van der Waals surface area contributed by atoms with Gasteiger partial charge in [0.2, 0.25) is 0 Å². The van der Waals surface area contributed by atoms with Gasteiger partial charge in [-0.2, -0.15) is 0 Å². The van der Waals surface area contributed by atoms with Gasteiger partial charge in [-0.1, -0.05) is 78.1 Å². The normalized spacial score (nSPS) is 11.7. The van der Waals surface area contributed by atoms with E-state index in [1.807, 2.05) is 22.7 Å². The molecule has 0 fully saturated rings. The van der Waals surface area contributed by atoms with E-state index in [1.54, 1.807) is 20.5 Å². The minimum absolute atomic E-state index is 1.23. The second-order valence-electron chi connectivity index (χ2n) is 7.40. The summed E-state index contributed by atoms with van der Waals surface area (Å²) in [6.07, 6.45) is 18.9. The van der Waals surface area contributed by atoms with Gasteiger partial charge < -0.3 is 0 Å². The minimum atomic E-state index is 1.23. The first kappa shape index (κ1) is 22.9. The van der Waals surface area contributed by atoms with E-state index >= 15 is 0 Å². The summed E-state index contributed by atoms with van der Waals surface area (Å²) in [6.45, 7) is 4.58. The molecular formula is C22H34Br2S2. The molecule has 0 aromatic carbocycles. The summed E-state index contributed by atoms with van der Waals surface area (Å²) in [7, 11) is 0. The zero-order valence-electron chi connectivity index (χ0n) is 16.5. The molecule has 0 saturated heterocycles. The van der Waals surface area contributed by atoms with Crippen molar-refractivity contribution in [2.75, 3.05) is 0 Å². The molecule has 0 saturated carbocycles. The molecular weight excluding hydrogens is 488 g/mol. The van der Waals surface area contributed by atoms with Crippen LogP contribution in [0.5, 0.6) is 0 Å². The Morgan fingerprint density at radius 3 is 1.27 bits per heavy atom. The number of thiophene rings is 2. The predicted molar refractivity (Wildman–Crippen MR) is 129 cm³/mol. The van der Waals surface area contributed by atoms with Gasteiger partial charge in [-0.15, -0.1) is 22.7 Å². The highest BCUT2D eigenvalue weighted by Crippen LogP contribution is 2.46. The predicted octanol–water partition coefficient (Wildman–Crippen LogP) is 10.3. The van der Waals surface area contributed by atoms with Crippen LogP contribution in [0.15, 0.2) is 7.57 Å². The summed E-state index contributed by atoms with van der Waals surface area (Å²) in [6, 6.07) is 0. The van der Waals surface area contributed by atoms with Gasteiger partial charge in [0.25, 0.3) is 0 Å². The minimum Gasteiger partial charge on any atom is -0.127 e. The van der Waals surface area contributed by atoms with Crippen molar-refractivity contribution in [3.63, 3.8) is 0 Å². The Morgan fingerprint density at radius 2 is 0.885 bits per heavy atom. The molecule has 2 rings (SSSR count). The highest BCUT2D eigenvalue weighted by molar-refractivity contribution is 9.11. The number of halogens is 2. The van der Waals surface area contributed by atoms with E-state index in [2.05, 4.69) is 45.7 Å². The smallest absolute Gasteiger partial charge is 0.0751 e. The first-order valence-corrected chi connectivity index (χ1v) is 13.8. The molecule has 0 aliphatic carbocycles. The van der Waals surface area contributed by atoms with Gasteiger partial charge >= 0.3 is 0 Å². The van der Waals surface area contributed by atoms with Gasteiger partial charge in [-0.25, -0.2) is 0 Å². The average Bonchev–Trinajstić information content (AvgIpc) is 3.08. The maximum absolute atomic E-state index is 3.86. The second-order valence-corrected chi connectivity index (χ2v) is 12.1. The average molecular weight is 522 g/mol. The van der Waals surface area contributed by atoms with Crippen LogP contribution in [0.4, 0.5) is 0 Å². The topological polar surface area (TPSA) is 0 Å². The Morgan fingerprint density at radius 1 is 0.538 bits per heavy atom. The van der Waals surface area contributed by atoms with Gasteiger partial charge in [0.05, 0.1) is 17.0 Å². The summed E-state index contributed by atoms with van der Waals surface area (Å²) in [5.41, 5.74) is 3.14. The fourth-order valence-electron chi connectivity index (χ4n) is 3.56. The van der Waals surface area contributed by atoms with Crippen LogP contribution in [0.2, 0.25) is 0 Å². The SMILES string of the molecule is CCCCCCCCc1c(Br)sc2c(CCCCCCCC)c(Br)sc12. The van der Waals surface area contributed by atoms with Crippen molar-refractivity contribution in [2.24, 2.45) is 0 Å². The molecule has 2 aromatic rings. The van der Waals surface area contributed by atoms with Crippen LogP contribution >= 0.6 is 54.5 Å². The standard InChI is InChI=1S/C22H34Br2S2/c1-3-5-7-9-11-13-15-17-19-20(26-21(17)23)18(22(24)25-19)16-14-12-10-8-6-4-2/h3-16H2,1-2H3. The molecule has 2 heterocycles. The quantitative estimate of drug-likeness (QED) is 0.217. The summed E-state index contributed by atoms with van der Waals surface area (Å²) in [5, 5.41) is 0. The molecule has 4 heteroatoms. The Balaban J connectivity index is 1.89. The molecule has 148 valence electrons. The Hall–Kier alpha value is 0.620. The fraction of sp³-hybridized carbons (Fsp3) is 0.727. The number of aryl methyl sites for hydroxylation is 2. The first-order valence-electron chi connectivity index (χ1n) is 10.6. The zero-order valence-corrected chi connectivity index (χ0v) is 21.3. The highest BCUT2D eigenvalue weighted by atomic mass is 79.9. The third-order valence-electron chi connectivity index (χ3n) is 5.17. The largest absolute Gasteiger partial charge is 0.127 e. The van der Waals surface area contributed by atoms with E-state index in [-0.39, 0.29) is 0 Å². The second kappa shape index (κ2) is 13.0. The Labute approximate surface area is 185 Å². The maximum Gasteiger partial charge on any atom is 0.0751 e. The number of rotatable bonds is 14. The van der Waals surface area contributed by atoms with Gasteiger partial charge in [0.1, 0.15) is 0 Å². The van der Waals surface area contributed by atoms with Crippen molar-refractivity contribution >= 4 is 63.9 Å². The van der Waals surface area contributed by atoms with Gasteiger partial charge in [-0.3, -0.25) is 0 Å². The molecule has 26 heavy (non-hydrogen) atoms. The van der Waals surface area contributed by atoms with E-state index in [0.29, 0.717) is 0 Å². The Bertz CT molecular complexity index is 586. The molecule has 0 spiro atoms. The highest BCUT2D eigenvalue weighted by Gasteiger charge is 2.18. The lowest BCUT2D eigenvalue weighted by Gasteiger charge is -2.01. The molecule has 0 nitrogen and oxygen atoms in total. The first-order chi connectivity index (χ1) is 12.7. The van der Waals surface area contributed by atoms with Crippen LogP contribution in [0.1, 0.15) is 102 Å². The van der Waals surface area contributed by atoms with Crippen LogP contribution in [-0.2, 0) is 12.8 Å². The third-order valence-corrected chi connectivity index (χ3v) is 9.39. The van der Waals surface area contributed by atoms with E-state index in [9.17, 15) is 0 Å². The summed E-state index contributed by atoms with van der Waals surface area (Å²) in [4.78, 5) is 0. The van der Waals surface area contributed by atoms with Crippen LogP contribution in [0.25, 0.3) is 9.40 Å². The maximum atomic E-state index is 3.86. The van der Waals surface area contributed by atoms with Crippen molar-refractivity contribution < 1.29 is 0 Å². The Kier molecular flexibility index (Phi) is 11.4. The molecule has 0 N–H and O–H groups in total. The van der Waals surface area contributed by atoms with E-state index < -0.39 is 0 Å². The van der Waals surface area contributed by atoms with Gasteiger partial charge in [0, 0.05) is 0 Å². The molecule has 0 aliphatic heterocycles. The molecule has 0 aliphatic rings. The summed E-state index contributed by atoms with van der Waals surface area (Å²) in [5.74, 6) is 0. The van der Waals surface area contributed by atoms with Crippen molar-refractivity contribution in [2.45, 2.75) is 104 Å². The monoisotopic (exact) mass is 520 g/mol. The molecule has 0 bridgehead atoms. The van der Waals surface area contributed by atoms with Gasteiger partial charge in [-0.05, 0) is 68.7 Å². The van der Waals surface area contributed by atoms with Crippen LogP contribution in [0.3, 0.4) is 0 Å². The number of unbranched alkanes of at least 4 members (excludes halogenated alkanes) is 10. The lowest BCUT2D eigenvalue weighted by atomic mass is 10.1. The molecule has 0 radical (unpaired) electrons. The number of hydrogen-bond acceptors (Lipinski definition) is 2. The third kappa shape index (κ3) is 6.90. The summed E-state index contributed by atoms with van der Waals surface area (Å²) >= 11 is 11.7. The van der Waals surface area contributed by atoms with E-state index in [1.165, 1.54) is 97.5 Å². The van der Waals surface area contributed by atoms with E-state index in [4.69, 9.17) is 0 Å². The van der Waals surface area contributed by atoms with Crippen molar-refractivity contribution in [3.05, 3.63) is 18.7 Å². The zero-order chi connectivity index (χ0) is 18.8. The number of hydrogen-bond donors (Lipinski definition) is 0. The molecule has 0 unspecified atom stereocenters. The molecule has 0 amide bonds. The van der Waals surface area contributed by atoms with Gasteiger partial charge in [0.15, 0.2) is 0 Å². The van der Waals surface area contributed by atoms with Crippen molar-refractivity contribution in [1.29, 1.82) is 0 Å². The molecule has 0 atom stereocenters. The van der Waals surface area contributed by atoms with Crippen molar-refractivity contribution in [1.82, 2.24) is 0 Å². The van der Waals surface area contributed by atoms with Crippen LogP contribution in [0, 0.1) is 0 Å².